The van der Waals surface area contributed by atoms with Crippen LogP contribution in [0.2, 0.25) is 0 Å². The lowest BCUT2D eigenvalue weighted by Gasteiger charge is -2.29. The molecule has 330 valence electrons. The molecular weight excluding hydrogens is 877 g/mol. The molecule has 0 radical (unpaired) electrons. The molecule has 2 aliphatic rings. The summed E-state index contributed by atoms with van der Waals surface area (Å²) in [5, 5.41) is 10.2. The topological polar surface area (TPSA) is 54.4 Å². The van der Waals surface area contributed by atoms with Crippen molar-refractivity contribution in [2.24, 2.45) is 0 Å². The fourth-order valence-electron chi connectivity index (χ4n) is 10.2. The van der Waals surface area contributed by atoms with Crippen LogP contribution in [0.15, 0.2) is 206 Å². The highest BCUT2D eigenvalue weighted by Gasteiger charge is 2.53. The number of phenolic OH excluding ortho intramolecular Hbond substituents is 1. The van der Waals surface area contributed by atoms with Crippen molar-refractivity contribution in [3.63, 3.8) is 0 Å². The second-order valence-electron chi connectivity index (χ2n) is 16.9. The molecular formula is C60H44N2O4S2. The predicted molar refractivity (Wildman–Crippen MR) is 280 cm³/mol. The maximum Gasteiger partial charge on any atom is 0.119 e. The minimum Gasteiger partial charge on any atom is -0.508 e. The Hall–Kier alpha value is -8.04. The van der Waals surface area contributed by atoms with Gasteiger partial charge in [-0.15, -0.1) is 22.7 Å². The van der Waals surface area contributed by atoms with Crippen LogP contribution in [0.25, 0.3) is 41.8 Å². The maximum atomic E-state index is 10.2. The van der Waals surface area contributed by atoms with Crippen molar-refractivity contribution >= 4 is 56.8 Å². The summed E-state index contributed by atoms with van der Waals surface area (Å²) < 4.78 is 16.5. The molecule has 68 heavy (non-hydrogen) atoms. The third-order valence-corrected chi connectivity index (χ3v) is 15.9. The van der Waals surface area contributed by atoms with E-state index in [1.165, 1.54) is 58.5 Å². The number of hydrogen-bond acceptors (Lipinski definition) is 8. The average Bonchev–Trinajstić information content (AvgIpc) is 4.16. The lowest BCUT2D eigenvalue weighted by atomic mass is 9.71. The number of fused-ring (bicyclic) bond motifs is 10. The summed E-state index contributed by atoms with van der Waals surface area (Å²) in [7, 11) is 5.06. The summed E-state index contributed by atoms with van der Waals surface area (Å²) in [6.45, 7) is 0. The molecule has 1 spiro atoms. The highest BCUT2D eigenvalue weighted by atomic mass is 32.1. The Balaban J connectivity index is 0.956. The van der Waals surface area contributed by atoms with Crippen molar-refractivity contribution in [3.8, 4) is 64.8 Å². The number of anilines is 6. The highest BCUT2D eigenvalue weighted by Crippen LogP contribution is 2.67. The third-order valence-electron chi connectivity index (χ3n) is 13.4. The number of benzene rings is 8. The van der Waals surface area contributed by atoms with Gasteiger partial charge in [-0.3, -0.25) is 0 Å². The normalized spacial score (nSPS) is 12.5. The molecule has 8 aromatic carbocycles. The fourth-order valence-corrected chi connectivity index (χ4v) is 12.8. The Bertz CT molecular complexity index is 3360. The molecule has 0 unspecified atom stereocenters. The van der Waals surface area contributed by atoms with Crippen LogP contribution in [0.3, 0.4) is 0 Å². The third kappa shape index (κ3) is 6.67. The summed E-state index contributed by atoms with van der Waals surface area (Å²) in [5.41, 5.74) is 15.9. The largest absolute Gasteiger partial charge is 0.508 e. The van der Waals surface area contributed by atoms with E-state index in [2.05, 4.69) is 155 Å². The molecule has 0 fully saturated rings. The number of phenols is 1. The Morgan fingerprint density at radius 3 is 1.01 bits per heavy atom. The van der Waals surface area contributed by atoms with Gasteiger partial charge in [0.2, 0.25) is 0 Å². The van der Waals surface area contributed by atoms with E-state index in [1.807, 2.05) is 71.2 Å². The molecule has 0 amide bonds. The molecule has 0 aliphatic heterocycles. The van der Waals surface area contributed by atoms with E-state index >= 15 is 0 Å². The molecule has 0 saturated heterocycles. The first-order chi connectivity index (χ1) is 33.4. The van der Waals surface area contributed by atoms with Crippen LogP contribution in [0.1, 0.15) is 22.3 Å². The van der Waals surface area contributed by atoms with Gasteiger partial charge in [0.05, 0.1) is 36.5 Å². The molecule has 2 aliphatic carbocycles. The van der Waals surface area contributed by atoms with E-state index in [0.29, 0.717) is 0 Å². The monoisotopic (exact) mass is 920 g/mol. The van der Waals surface area contributed by atoms with Gasteiger partial charge in [-0.25, -0.2) is 0 Å². The van der Waals surface area contributed by atoms with Crippen molar-refractivity contribution in [1.82, 2.24) is 0 Å². The van der Waals surface area contributed by atoms with Crippen molar-refractivity contribution in [3.05, 3.63) is 229 Å². The van der Waals surface area contributed by atoms with E-state index in [-0.39, 0.29) is 5.75 Å². The highest BCUT2D eigenvalue weighted by molar-refractivity contribution is 7.25. The van der Waals surface area contributed by atoms with E-state index in [4.69, 9.17) is 14.2 Å². The van der Waals surface area contributed by atoms with Crippen LogP contribution in [-0.4, -0.2) is 26.4 Å². The average molecular weight is 921 g/mol. The van der Waals surface area contributed by atoms with Crippen LogP contribution in [0.4, 0.5) is 34.1 Å². The number of aromatic hydroxyl groups is 1. The smallest absolute Gasteiger partial charge is 0.119 e. The number of rotatable bonds is 11. The number of nitrogens with zero attached hydrogens (tertiary/aromatic N) is 2. The summed E-state index contributed by atoms with van der Waals surface area (Å²) >= 11 is 3.78. The lowest BCUT2D eigenvalue weighted by molar-refractivity contribution is 0.414. The van der Waals surface area contributed by atoms with Crippen molar-refractivity contribution in [2.75, 3.05) is 31.1 Å². The maximum absolute atomic E-state index is 10.2. The Kier molecular flexibility index (Phi) is 10.2. The predicted octanol–water partition coefficient (Wildman–Crippen LogP) is 16.2. The van der Waals surface area contributed by atoms with Crippen LogP contribution >= 0.6 is 22.7 Å². The van der Waals surface area contributed by atoms with Gasteiger partial charge in [-0.1, -0.05) is 72.8 Å². The standard InChI is InChI=1S/C60H44N2O4S2/c1-64-47-30-22-43(23-31-47)61(42-20-28-46(63)29-21-42)40-16-12-38(13-17-40)56-36-54-58(67-56)59-55(60(54)52-10-6-4-8-50(52)51-9-5-7-11-53(51)60)37-57(68-59)39-14-18-41(19-15-39)62(44-24-32-48(65-2)33-25-44)45-26-34-49(66-3)35-27-45/h4-37,63H,1-3H3. The zero-order valence-corrected chi connectivity index (χ0v) is 39.1. The number of hydrogen-bond donors (Lipinski definition) is 1. The summed E-state index contributed by atoms with van der Waals surface area (Å²) in [5.74, 6) is 2.65. The van der Waals surface area contributed by atoms with Crippen LogP contribution in [0, 0.1) is 0 Å². The molecule has 2 aromatic heterocycles. The van der Waals surface area contributed by atoms with Crippen molar-refractivity contribution < 1.29 is 19.3 Å². The first kappa shape index (κ1) is 41.4. The molecule has 0 atom stereocenters. The molecule has 12 rings (SSSR count). The van der Waals surface area contributed by atoms with E-state index in [1.54, 1.807) is 33.5 Å². The van der Waals surface area contributed by atoms with Gasteiger partial charge in [0.1, 0.15) is 23.0 Å². The molecule has 1 N–H and O–H groups in total. The van der Waals surface area contributed by atoms with E-state index in [9.17, 15) is 5.11 Å². The summed E-state index contributed by atoms with van der Waals surface area (Å²) in [6.07, 6.45) is 0. The Morgan fingerprint density at radius 2 is 0.676 bits per heavy atom. The van der Waals surface area contributed by atoms with Gasteiger partial charge >= 0.3 is 0 Å². The molecule has 2 heterocycles. The van der Waals surface area contributed by atoms with E-state index < -0.39 is 5.41 Å². The lowest BCUT2D eigenvalue weighted by Crippen LogP contribution is -2.25. The van der Waals surface area contributed by atoms with Crippen LogP contribution in [0.5, 0.6) is 23.0 Å². The van der Waals surface area contributed by atoms with Gasteiger partial charge < -0.3 is 29.1 Å². The van der Waals surface area contributed by atoms with Gasteiger partial charge in [0.15, 0.2) is 0 Å². The Labute approximate surface area is 403 Å². The SMILES string of the molecule is COc1ccc(N(c2ccc(O)cc2)c2ccc(-c3cc4c(s3)-c3sc(-c5ccc(N(c6ccc(OC)cc6)c6ccc(OC)cc6)cc5)cc3C43c4ccccc4-c4ccccc43)cc2)cc1. The number of thiophene rings is 2. The second-order valence-corrected chi connectivity index (χ2v) is 19.0. The van der Waals surface area contributed by atoms with E-state index in [0.717, 1.165) is 56.9 Å². The number of ether oxygens (including phenoxy) is 3. The zero-order chi connectivity index (χ0) is 45.9. The Morgan fingerprint density at radius 1 is 0.368 bits per heavy atom. The first-order valence-corrected chi connectivity index (χ1v) is 24.1. The summed E-state index contributed by atoms with van der Waals surface area (Å²) in [4.78, 5) is 9.57. The molecule has 6 nitrogen and oxygen atoms in total. The first-order valence-electron chi connectivity index (χ1n) is 22.5. The molecule has 0 saturated carbocycles. The quantitative estimate of drug-likeness (QED) is 0.139. The molecule has 8 heteroatoms. The van der Waals surface area contributed by atoms with Gasteiger partial charge in [0.25, 0.3) is 0 Å². The fraction of sp³-hybridized carbons (Fsp3) is 0.0667. The minimum absolute atomic E-state index is 0.228. The molecule has 10 aromatic rings. The van der Waals surface area contributed by atoms with Crippen LogP contribution in [-0.2, 0) is 5.41 Å². The zero-order valence-electron chi connectivity index (χ0n) is 37.5. The summed E-state index contributed by atoms with van der Waals surface area (Å²) in [6, 6.07) is 72.5. The van der Waals surface area contributed by atoms with Gasteiger partial charge in [-0.2, -0.15) is 0 Å². The second kappa shape index (κ2) is 16.7. The number of methoxy groups -OCH3 is 3. The van der Waals surface area contributed by atoms with Crippen LogP contribution < -0.4 is 24.0 Å². The van der Waals surface area contributed by atoms with Gasteiger partial charge in [0, 0.05) is 43.9 Å². The van der Waals surface area contributed by atoms with Crippen molar-refractivity contribution in [2.45, 2.75) is 5.41 Å². The molecule has 0 bridgehead atoms. The van der Waals surface area contributed by atoms with Crippen molar-refractivity contribution in [1.29, 1.82) is 0 Å². The minimum atomic E-state index is -0.454. The van der Waals surface area contributed by atoms with Gasteiger partial charge in [-0.05, 0) is 178 Å².